The third-order valence-corrected chi connectivity index (χ3v) is 4.36. The molecule has 1 atom stereocenters. The summed E-state index contributed by atoms with van der Waals surface area (Å²) < 4.78 is 5.70. The van der Waals surface area contributed by atoms with Gasteiger partial charge in [0.25, 0.3) is 0 Å². The van der Waals surface area contributed by atoms with Crippen LogP contribution >= 0.6 is 24.2 Å². The molecular formula is C18H32ClNO2S. The van der Waals surface area contributed by atoms with E-state index in [2.05, 4.69) is 12.2 Å². The van der Waals surface area contributed by atoms with Crippen molar-refractivity contribution in [1.29, 1.82) is 0 Å². The molecule has 0 aliphatic rings. The van der Waals surface area contributed by atoms with Crippen LogP contribution in [0.2, 0.25) is 0 Å². The first-order valence-electron chi connectivity index (χ1n) is 8.42. The van der Waals surface area contributed by atoms with E-state index in [9.17, 15) is 5.11 Å². The van der Waals surface area contributed by atoms with Crippen LogP contribution in [-0.2, 0) is 0 Å². The van der Waals surface area contributed by atoms with Gasteiger partial charge in [0.1, 0.15) is 18.5 Å². The minimum atomic E-state index is -0.463. The molecule has 0 bridgehead atoms. The zero-order chi connectivity index (χ0) is 16.0. The van der Waals surface area contributed by atoms with Gasteiger partial charge < -0.3 is 15.2 Å². The minimum absolute atomic E-state index is 0. The molecular weight excluding hydrogens is 330 g/mol. The van der Waals surface area contributed by atoms with Gasteiger partial charge in [-0.2, -0.15) is 0 Å². The Labute approximate surface area is 152 Å². The summed E-state index contributed by atoms with van der Waals surface area (Å²) in [6.07, 6.45) is 9.35. The molecule has 2 N–H and O–H groups in total. The van der Waals surface area contributed by atoms with E-state index in [1.807, 2.05) is 30.5 Å². The number of halogens is 1. The number of unbranched alkanes of at least 4 members (excludes halogenated alkanes) is 5. The third kappa shape index (κ3) is 10.9. The van der Waals surface area contributed by atoms with Gasteiger partial charge in [0.05, 0.1) is 0 Å². The van der Waals surface area contributed by atoms with Gasteiger partial charge >= 0.3 is 0 Å². The Hall–Kier alpha value is -0.420. The molecule has 0 aliphatic heterocycles. The van der Waals surface area contributed by atoms with Crippen LogP contribution in [0.15, 0.2) is 29.2 Å². The number of hydrogen-bond donors (Lipinski definition) is 2. The van der Waals surface area contributed by atoms with Crippen molar-refractivity contribution in [3.8, 4) is 5.75 Å². The summed E-state index contributed by atoms with van der Waals surface area (Å²) in [7, 11) is 0. The molecule has 0 fully saturated rings. The Morgan fingerprint density at radius 2 is 1.83 bits per heavy atom. The van der Waals surface area contributed by atoms with Crippen LogP contribution in [0.5, 0.6) is 5.75 Å². The lowest BCUT2D eigenvalue weighted by atomic mass is 10.1. The zero-order valence-corrected chi connectivity index (χ0v) is 16.1. The molecule has 3 nitrogen and oxygen atoms in total. The number of ether oxygens (including phenoxy) is 1. The second-order valence-corrected chi connectivity index (χ2v) is 6.44. The summed E-state index contributed by atoms with van der Waals surface area (Å²) in [4.78, 5) is 1.11. The molecule has 1 aromatic rings. The molecule has 0 spiro atoms. The van der Waals surface area contributed by atoms with Crippen molar-refractivity contribution >= 4 is 24.2 Å². The average Bonchev–Trinajstić information content (AvgIpc) is 2.55. The van der Waals surface area contributed by atoms with E-state index in [-0.39, 0.29) is 12.4 Å². The summed E-state index contributed by atoms with van der Waals surface area (Å²) in [6.45, 7) is 4.14. The summed E-state index contributed by atoms with van der Waals surface area (Å²) in [5, 5.41) is 13.3. The Morgan fingerprint density at radius 3 is 2.57 bits per heavy atom. The molecule has 0 saturated carbocycles. The van der Waals surface area contributed by atoms with Crippen LogP contribution in [0.1, 0.15) is 45.4 Å². The topological polar surface area (TPSA) is 41.5 Å². The standard InChI is InChI=1S/C18H31NO2S.ClH/c1-3-4-5-6-7-10-13-19-14-16(20)15-21-17-11-8-9-12-18(17)22-2;/h8-9,11-12,16,19-20H,3-7,10,13-15H2,1-2H3;1H. The number of hydrogen-bond acceptors (Lipinski definition) is 4. The zero-order valence-electron chi connectivity index (χ0n) is 14.4. The summed E-state index contributed by atoms with van der Waals surface area (Å²) in [5.41, 5.74) is 0. The number of para-hydroxylation sites is 1. The highest BCUT2D eigenvalue weighted by Gasteiger charge is 2.07. The molecule has 0 heterocycles. The second-order valence-electron chi connectivity index (χ2n) is 5.59. The number of aliphatic hydroxyl groups excluding tert-OH is 1. The maximum absolute atomic E-state index is 9.95. The summed E-state index contributed by atoms with van der Waals surface area (Å²) in [6, 6.07) is 7.93. The van der Waals surface area contributed by atoms with Crippen LogP contribution in [0.25, 0.3) is 0 Å². The Balaban J connectivity index is 0.00000484. The maximum Gasteiger partial charge on any atom is 0.132 e. The Bertz CT molecular complexity index is 393. The number of thioether (sulfide) groups is 1. The number of benzene rings is 1. The molecule has 5 heteroatoms. The van der Waals surface area contributed by atoms with Crippen molar-refractivity contribution < 1.29 is 9.84 Å². The van der Waals surface area contributed by atoms with Gasteiger partial charge in [-0.25, -0.2) is 0 Å². The highest BCUT2D eigenvalue weighted by molar-refractivity contribution is 7.98. The predicted molar refractivity (Wildman–Crippen MR) is 103 cm³/mol. The van der Waals surface area contributed by atoms with Crippen molar-refractivity contribution in [2.24, 2.45) is 0 Å². The quantitative estimate of drug-likeness (QED) is 0.400. The lowest BCUT2D eigenvalue weighted by Gasteiger charge is -2.15. The van der Waals surface area contributed by atoms with E-state index in [0.29, 0.717) is 13.2 Å². The fourth-order valence-electron chi connectivity index (χ4n) is 2.28. The van der Waals surface area contributed by atoms with Crippen LogP contribution in [0.4, 0.5) is 0 Å². The molecule has 1 aromatic carbocycles. The van der Waals surface area contributed by atoms with E-state index in [1.165, 1.54) is 38.5 Å². The van der Waals surface area contributed by atoms with E-state index in [0.717, 1.165) is 17.2 Å². The first-order chi connectivity index (χ1) is 10.8. The lowest BCUT2D eigenvalue weighted by molar-refractivity contribution is 0.105. The third-order valence-electron chi connectivity index (χ3n) is 3.59. The van der Waals surface area contributed by atoms with E-state index < -0.39 is 6.10 Å². The highest BCUT2D eigenvalue weighted by atomic mass is 35.5. The van der Waals surface area contributed by atoms with Gasteiger partial charge in [0.2, 0.25) is 0 Å². The molecule has 0 aromatic heterocycles. The van der Waals surface area contributed by atoms with Crippen LogP contribution < -0.4 is 10.1 Å². The normalized spacial score (nSPS) is 11.8. The van der Waals surface area contributed by atoms with Crippen molar-refractivity contribution in [3.63, 3.8) is 0 Å². The summed E-state index contributed by atoms with van der Waals surface area (Å²) >= 11 is 1.66. The largest absolute Gasteiger partial charge is 0.490 e. The SMILES string of the molecule is CCCCCCCCNCC(O)COc1ccccc1SC.Cl. The van der Waals surface area contributed by atoms with Crippen LogP contribution in [0, 0.1) is 0 Å². The number of nitrogens with one attached hydrogen (secondary N) is 1. The monoisotopic (exact) mass is 361 g/mol. The van der Waals surface area contributed by atoms with Gasteiger partial charge in [0, 0.05) is 11.4 Å². The molecule has 23 heavy (non-hydrogen) atoms. The minimum Gasteiger partial charge on any atom is -0.490 e. The average molecular weight is 362 g/mol. The lowest BCUT2D eigenvalue weighted by Crippen LogP contribution is -2.32. The number of aliphatic hydroxyl groups is 1. The molecule has 0 saturated heterocycles. The van der Waals surface area contributed by atoms with Crippen molar-refractivity contribution in [2.45, 2.75) is 56.4 Å². The second kappa shape index (κ2) is 15.1. The first kappa shape index (κ1) is 22.6. The summed E-state index contributed by atoms with van der Waals surface area (Å²) in [5.74, 6) is 0.852. The van der Waals surface area contributed by atoms with Gasteiger partial charge in [-0.3, -0.25) is 0 Å². The molecule has 0 radical (unpaired) electrons. The number of rotatable bonds is 13. The van der Waals surface area contributed by atoms with Gasteiger partial charge in [0.15, 0.2) is 0 Å². The molecule has 1 unspecified atom stereocenters. The Kier molecular flexibility index (Phi) is 14.9. The maximum atomic E-state index is 9.95. The highest BCUT2D eigenvalue weighted by Crippen LogP contribution is 2.26. The van der Waals surface area contributed by atoms with E-state index in [4.69, 9.17) is 4.74 Å². The first-order valence-corrected chi connectivity index (χ1v) is 9.65. The van der Waals surface area contributed by atoms with E-state index in [1.54, 1.807) is 11.8 Å². The molecule has 134 valence electrons. The van der Waals surface area contributed by atoms with Gasteiger partial charge in [-0.05, 0) is 31.4 Å². The molecule has 0 aliphatic carbocycles. The predicted octanol–water partition coefficient (Wildman–Crippen LogP) is 4.52. The fourth-order valence-corrected chi connectivity index (χ4v) is 2.82. The van der Waals surface area contributed by atoms with Crippen molar-refractivity contribution in [3.05, 3.63) is 24.3 Å². The van der Waals surface area contributed by atoms with Crippen molar-refractivity contribution in [1.82, 2.24) is 5.32 Å². The van der Waals surface area contributed by atoms with Crippen LogP contribution in [-0.4, -0.2) is 37.2 Å². The molecule has 1 rings (SSSR count). The molecule has 0 amide bonds. The Morgan fingerprint density at radius 1 is 1.13 bits per heavy atom. The smallest absolute Gasteiger partial charge is 0.132 e. The van der Waals surface area contributed by atoms with E-state index >= 15 is 0 Å². The fraction of sp³-hybridized carbons (Fsp3) is 0.667. The van der Waals surface area contributed by atoms with Gasteiger partial charge in [-0.1, -0.05) is 51.2 Å². The van der Waals surface area contributed by atoms with Crippen LogP contribution in [0.3, 0.4) is 0 Å². The van der Waals surface area contributed by atoms with Crippen molar-refractivity contribution in [2.75, 3.05) is 26.0 Å². The van der Waals surface area contributed by atoms with Gasteiger partial charge in [-0.15, -0.1) is 24.2 Å².